The summed E-state index contributed by atoms with van der Waals surface area (Å²) in [5, 5.41) is 12.1. The van der Waals surface area contributed by atoms with E-state index in [9.17, 15) is 0 Å². The van der Waals surface area contributed by atoms with E-state index in [0.717, 1.165) is 17.9 Å². The standard InChI is InChI=1S/C11H15ClN4OS/c1-16(7-3-5-18-6-7)11-9(12)8(2-4-14-11)10(13)15-17/h2,4,7,17H,3,5-6H2,1H3,(H2,13,15). The van der Waals surface area contributed by atoms with Crippen LogP contribution in [0.25, 0.3) is 0 Å². The molecule has 1 aliphatic rings. The Labute approximate surface area is 115 Å². The summed E-state index contributed by atoms with van der Waals surface area (Å²) in [6.07, 6.45) is 2.74. The Morgan fingerprint density at radius 1 is 1.72 bits per heavy atom. The second kappa shape index (κ2) is 5.67. The number of rotatable bonds is 3. The van der Waals surface area contributed by atoms with Crippen molar-refractivity contribution >= 4 is 35.0 Å². The van der Waals surface area contributed by atoms with Crippen LogP contribution < -0.4 is 10.6 Å². The maximum Gasteiger partial charge on any atom is 0.171 e. The summed E-state index contributed by atoms with van der Waals surface area (Å²) >= 11 is 8.20. The summed E-state index contributed by atoms with van der Waals surface area (Å²) in [6, 6.07) is 2.07. The van der Waals surface area contributed by atoms with Crippen LogP contribution in [0.1, 0.15) is 12.0 Å². The van der Waals surface area contributed by atoms with Crippen LogP contribution in [-0.4, -0.2) is 40.6 Å². The minimum atomic E-state index is -0.00199. The first-order valence-electron chi connectivity index (χ1n) is 5.58. The van der Waals surface area contributed by atoms with Crippen molar-refractivity contribution in [1.29, 1.82) is 0 Å². The smallest absolute Gasteiger partial charge is 0.171 e. The van der Waals surface area contributed by atoms with Crippen molar-refractivity contribution in [2.75, 3.05) is 23.5 Å². The fourth-order valence-electron chi connectivity index (χ4n) is 1.93. The number of thioether (sulfide) groups is 1. The van der Waals surface area contributed by atoms with Crippen molar-refractivity contribution in [3.8, 4) is 0 Å². The molecule has 0 spiro atoms. The highest BCUT2D eigenvalue weighted by atomic mass is 35.5. The number of oxime groups is 1. The van der Waals surface area contributed by atoms with Crippen molar-refractivity contribution in [3.05, 3.63) is 22.8 Å². The third kappa shape index (κ3) is 2.49. The van der Waals surface area contributed by atoms with Gasteiger partial charge in [-0.05, 0) is 18.2 Å². The topological polar surface area (TPSA) is 74.7 Å². The lowest BCUT2D eigenvalue weighted by Crippen LogP contribution is -2.32. The predicted molar refractivity (Wildman–Crippen MR) is 75.9 cm³/mol. The zero-order valence-electron chi connectivity index (χ0n) is 10.0. The molecule has 0 saturated carbocycles. The van der Waals surface area contributed by atoms with Crippen molar-refractivity contribution in [2.45, 2.75) is 12.5 Å². The summed E-state index contributed by atoms with van der Waals surface area (Å²) in [4.78, 5) is 6.36. The molecule has 1 aliphatic heterocycles. The van der Waals surface area contributed by atoms with Crippen molar-refractivity contribution < 1.29 is 5.21 Å². The number of hydrogen-bond donors (Lipinski definition) is 2. The summed E-state index contributed by atoms with van der Waals surface area (Å²) in [7, 11) is 1.97. The Balaban J connectivity index is 2.33. The third-order valence-electron chi connectivity index (χ3n) is 3.04. The van der Waals surface area contributed by atoms with Gasteiger partial charge >= 0.3 is 0 Å². The Kier molecular flexibility index (Phi) is 4.19. The second-order valence-corrected chi connectivity index (χ2v) is 5.64. The van der Waals surface area contributed by atoms with Gasteiger partial charge in [0.05, 0.1) is 5.02 Å². The molecule has 0 amide bonds. The first kappa shape index (κ1) is 13.3. The van der Waals surface area contributed by atoms with Crippen LogP contribution >= 0.6 is 23.4 Å². The maximum atomic E-state index is 8.72. The number of amidine groups is 1. The predicted octanol–water partition coefficient (Wildman–Crippen LogP) is 1.77. The Hall–Kier alpha value is -1.14. The Morgan fingerprint density at radius 2 is 2.50 bits per heavy atom. The molecule has 1 aromatic heterocycles. The van der Waals surface area contributed by atoms with Gasteiger partial charge in [-0.25, -0.2) is 4.98 Å². The average molecular weight is 287 g/mol. The van der Waals surface area contributed by atoms with E-state index in [-0.39, 0.29) is 5.84 Å². The number of anilines is 1. The second-order valence-electron chi connectivity index (χ2n) is 4.11. The van der Waals surface area contributed by atoms with Crippen molar-refractivity contribution in [3.63, 3.8) is 0 Å². The summed E-state index contributed by atoms with van der Waals surface area (Å²) in [5.74, 6) is 2.90. The summed E-state index contributed by atoms with van der Waals surface area (Å²) in [5.41, 5.74) is 6.08. The highest BCUT2D eigenvalue weighted by Crippen LogP contribution is 2.31. The number of nitrogens with two attached hydrogens (primary N) is 1. The van der Waals surface area contributed by atoms with Crippen LogP contribution in [0.4, 0.5) is 5.82 Å². The Bertz CT molecular complexity index is 462. The third-order valence-corrected chi connectivity index (χ3v) is 4.56. The molecule has 1 atom stereocenters. The number of aromatic nitrogens is 1. The minimum absolute atomic E-state index is 0.00199. The largest absolute Gasteiger partial charge is 0.409 e. The van der Waals surface area contributed by atoms with Gasteiger partial charge in [0.1, 0.15) is 5.82 Å². The lowest BCUT2D eigenvalue weighted by atomic mass is 10.2. The van der Waals surface area contributed by atoms with Gasteiger partial charge in [-0.3, -0.25) is 0 Å². The molecule has 2 rings (SSSR count). The molecular formula is C11H15ClN4OS. The van der Waals surface area contributed by atoms with Gasteiger partial charge in [-0.1, -0.05) is 16.8 Å². The van der Waals surface area contributed by atoms with Crippen molar-refractivity contribution in [1.82, 2.24) is 4.98 Å². The normalized spacial score (nSPS) is 20.1. The Morgan fingerprint density at radius 3 is 3.11 bits per heavy atom. The number of nitrogens with zero attached hydrogens (tertiary/aromatic N) is 3. The van der Waals surface area contributed by atoms with E-state index in [1.54, 1.807) is 12.3 Å². The zero-order valence-corrected chi connectivity index (χ0v) is 11.6. The van der Waals surface area contributed by atoms with Gasteiger partial charge in [-0.15, -0.1) is 0 Å². The van der Waals surface area contributed by atoms with E-state index in [0.29, 0.717) is 22.4 Å². The van der Waals surface area contributed by atoms with Crippen LogP contribution in [0.15, 0.2) is 17.4 Å². The molecule has 3 N–H and O–H groups in total. The van der Waals surface area contributed by atoms with E-state index in [1.165, 1.54) is 0 Å². The molecule has 0 bridgehead atoms. The summed E-state index contributed by atoms with van der Waals surface area (Å²) < 4.78 is 0. The van der Waals surface area contributed by atoms with E-state index in [4.69, 9.17) is 22.5 Å². The first-order valence-corrected chi connectivity index (χ1v) is 7.11. The highest BCUT2D eigenvalue weighted by molar-refractivity contribution is 7.99. The lowest BCUT2D eigenvalue weighted by Gasteiger charge is -2.26. The molecule has 1 unspecified atom stereocenters. The van der Waals surface area contributed by atoms with Gasteiger partial charge in [0, 0.05) is 30.6 Å². The fraction of sp³-hybridized carbons (Fsp3) is 0.455. The minimum Gasteiger partial charge on any atom is -0.409 e. The highest BCUT2D eigenvalue weighted by Gasteiger charge is 2.24. The first-order chi connectivity index (χ1) is 8.65. The molecule has 0 aliphatic carbocycles. The lowest BCUT2D eigenvalue weighted by molar-refractivity contribution is 0.318. The molecule has 18 heavy (non-hydrogen) atoms. The van der Waals surface area contributed by atoms with Gasteiger partial charge in [0.25, 0.3) is 0 Å². The summed E-state index contributed by atoms with van der Waals surface area (Å²) in [6.45, 7) is 0. The zero-order chi connectivity index (χ0) is 13.1. The van der Waals surface area contributed by atoms with Crippen LogP contribution in [0, 0.1) is 0 Å². The quantitative estimate of drug-likeness (QED) is 0.383. The van der Waals surface area contributed by atoms with Crippen LogP contribution in [0.3, 0.4) is 0 Å². The van der Waals surface area contributed by atoms with E-state index in [1.807, 2.05) is 18.8 Å². The van der Waals surface area contributed by atoms with Crippen molar-refractivity contribution in [2.24, 2.45) is 10.9 Å². The molecular weight excluding hydrogens is 272 g/mol. The van der Waals surface area contributed by atoms with Gasteiger partial charge in [0.15, 0.2) is 5.84 Å². The molecule has 1 fully saturated rings. The molecule has 1 aromatic rings. The molecule has 0 radical (unpaired) electrons. The fourth-order valence-corrected chi connectivity index (χ4v) is 3.54. The van der Waals surface area contributed by atoms with Crippen LogP contribution in [0.5, 0.6) is 0 Å². The number of pyridine rings is 1. The van der Waals surface area contributed by atoms with Gasteiger partial charge in [-0.2, -0.15) is 11.8 Å². The maximum absolute atomic E-state index is 8.72. The average Bonchev–Trinajstić information content (AvgIpc) is 2.91. The van der Waals surface area contributed by atoms with Gasteiger partial charge < -0.3 is 15.8 Å². The van der Waals surface area contributed by atoms with Crippen LogP contribution in [-0.2, 0) is 0 Å². The SMILES string of the molecule is CN(c1nccc(/C(N)=N/O)c1Cl)C1CCSC1. The van der Waals surface area contributed by atoms with E-state index in [2.05, 4.69) is 15.0 Å². The molecule has 2 heterocycles. The number of hydrogen-bond acceptors (Lipinski definition) is 5. The van der Waals surface area contributed by atoms with E-state index >= 15 is 0 Å². The molecule has 98 valence electrons. The molecule has 5 nitrogen and oxygen atoms in total. The molecule has 1 saturated heterocycles. The molecule has 7 heteroatoms. The van der Waals surface area contributed by atoms with Gasteiger partial charge in [0.2, 0.25) is 0 Å². The van der Waals surface area contributed by atoms with Crippen LogP contribution in [0.2, 0.25) is 5.02 Å². The monoisotopic (exact) mass is 286 g/mol. The number of halogens is 1. The molecule has 0 aromatic carbocycles. The van der Waals surface area contributed by atoms with E-state index < -0.39 is 0 Å².